The SMILES string of the molecule is CC1CC1CN(C)CCCCC(=N)N. The monoisotopic (exact) mass is 197 g/mol. The van der Waals surface area contributed by atoms with E-state index in [-0.39, 0.29) is 0 Å². The molecule has 0 amide bonds. The van der Waals surface area contributed by atoms with Gasteiger partial charge >= 0.3 is 0 Å². The van der Waals surface area contributed by atoms with Crippen LogP contribution in [0.15, 0.2) is 0 Å². The van der Waals surface area contributed by atoms with Gasteiger partial charge in [0.2, 0.25) is 0 Å². The molecule has 14 heavy (non-hydrogen) atoms. The van der Waals surface area contributed by atoms with Gasteiger partial charge in [0.25, 0.3) is 0 Å². The Morgan fingerprint density at radius 3 is 2.64 bits per heavy atom. The topological polar surface area (TPSA) is 53.1 Å². The van der Waals surface area contributed by atoms with E-state index in [1.165, 1.54) is 13.0 Å². The Hall–Kier alpha value is -0.570. The fourth-order valence-corrected chi connectivity index (χ4v) is 1.84. The second-order valence-electron chi connectivity index (χ2n) is 4.72. The molecule has 82 valence electrons. The maximum Gasteiger partial charge on any atom is 0.0905 e. The predicted octanol–water partition coefficient (Wildman–Crippen LogP) is 1.68. The molecule has 1 fully saturated rings. The van der Waals surface area contributed by atoms with Crippen molar-refractivity contribution in [1.29, 1.82) is 5.41 Å². The van der Waals surface area contributed by atoms with Crippen molar-refractivity contribution in [2.45, 2.75) is 32.6 Å². The fourth-order valence-electron chi connectivity index (χ4n) is 1.84. The second-order valence-corrected chi connectivity index (χ2v) is 4.72. The standard InChI is InChI=1S/C11H23N3/c1-9-7-10(9)8-14(2)6-4-3-5-11(12)13/h9-10H,3-8H2,1-2H3,(H3,12,13). The zero-order valence-corrected chi connectivity index (χ0v) is 9.42. The largest absolute Gasteiger partial charge is 0.388 e. The number of rotatable bonds is 7. The summed E-state index contributed by atoms with van der Waals surface area (Å²) in [5.41, 5.74) is 5.29. The summed E-state index contributed by atoms with van der Waals surface area (Å²) in [5, 5.41) is 7.09. The molecular formula is C11H23N3. The molecule has 3 nitrogen and oxygen atoms in total. The van der Waals surface area contributed by atoms with Crippen LogP contribution in [0.25, 0.3) is 0 Å². The van der Waals surface area contributed by atoms with Crippen LogP contribution in [0.2, 0.25) is 0 Å². The number of nitrogens with zero attached hydrogens (tertiary/aromatic N) is 1. The first kappa shape index (κ1) is 11.5. The van der Waals surface area contributed by atoms with Crippen molar-refractivity contribution < 1.29 is 0 Å². The van der Waals surface area contributed by atoms with Crippen molar-refractivity contribution >= 4 is 5.84 Å². The summed E-state index contributed by atoms with van der Waals surface area (Å²) in [5.74, 6) is 2.23. The van der Waals surface area contributed by atoms with Gasteiger partial charge < -0.3 is 10.6 Å². The van der Waals surface area contributed by atoms with E-state index in [2.05, 4.69) is 18.9 Å². The van der Waals surface area contributed by atoms with Crippen LogP contribution in [0, 0.1) is 17.2 Å². The smallest absolute Gasteiger partial charge is 0.0905 e. The lowest BCUT2D eigenvalue weighted by Gasteiger charge is -2.15. The van der Waals surface area contributed by atoms with E-state index in [4.69, 9.17) is 11.1 Å². The Kier molecular flexibility index (Phi) is 4.39. The van der Waals surface area contributed by atoms with Crippen molar-refractivity contribution in [2.75, 3.05) is 20.1 Å². The van der Waals surface area contributed by atoms with E-state index in [1.54, 1.807) is 0 Å². The third-order valence-electron chi connectivity index (χ3n) is 3.06. The van der Waals surface area contributed by atoms with E-state index < -0.39 is 0 Å². The van der Waals surface area contributed by atoms with Crippen LogP contribution in [-0.2, 0) is 0 Å². The van der Waals surface area contributed by atoms with E-state index >= 15 is 0 Å². The van der Waals surface area contributed by atoms with Gasteiger partial charge in [-0.1, -0.05) is 6.92 Å². The van der Waals surface area contributed by atoms with Gasteiger partial charge in [0, 0.05) is 13.0 Å². The molecule has 0 aromatic heterocycles. The maximum absolute atomic E-state index is 7.09. The lowest BCUT2D eigenvalue weighted by molar-refractivity contribution is 0.308. The molecule has 3 heteroatoms. The molecule has 0 saturated heterocycles. The number of hydrogen-bond donors (Lipinski definition) is 2. The average Bonchev–Trinajstić information content (AvgIpc) is 2.75. The van der Waals surface area contributed by atoms with Crippen molar-refractivity contribution in [3.8, 4) is 0 Å². The Balaban J connectivity index is 1.92. The number of hydrogen-bond acceptors (Lipinski definition) is 2. The zero-order chi connectivity index (χ0) is 10.6. The summed E-state index contributed by atoms with van der Waals surface area (Å²) in [6.07, 6.45) is 4.39. The summed E-state index contributed by atoms with van der Waals surface area (Å²) >= 11 is 0. The molecule has 0 aliphatic heterocycles. The molecule has 2 unspecified atom stereocenters. The Morgan fingerprint density at radius 1 is 1.50 bits per heavy atom. The van der Waals surface area contributed by atoms with Crippen molar-refractivity contribution in [3.05, 3.63) is 0 Å². The first-order valence-corrected chi connectivity index (χ1v) is 5.61. The minimum Gasteiger partial charge on any atom is -0.388 e. The molecule has 0 heterocycles. The third-order valence-corrected chi connectivity index (χ3v) is 3.06. The van der Waals surface area contributed by atoms with Crippen LogP contribution < -0.4 is 5.73 Å². The molecular weight excluding hydrogens is 174 g/mol. The summed E-state index contributed by atoms with van der Waals surface area (Å²) in [7, 11) is 2.19. The van der Waals surface area contributed by atoms with Crippen LogP contribution in [-0.4, -0.2) is 30.9 Å². The Labute approximate surface area is 87.2 Å². The van der Waals surface area contributed by atoms with E-state index in [0.717, 1.165) is 37.6 Å². The highest BCUT2D eigenvalue weighted by molar-refractivity contribution is 5.76. The zero-order valence-electron chi connectivity index (χ0n) is 9.42. The minimum atomic E-state index is 0.323. The lowest BCUT2D eigenvalue weighted by atomic mass is 10.2. The molecule has 1 rings (SSSR count). The predicted molar refractivity (Wildman–Crippen MR) is 60.5 cm³/mol. The first-order chi connectivity index (χ1) is 6.59. The molecule has 2 atom stereocenters. The fraction of sp³-hybridized carbons (Fsp3) is 0.909. The number of nitrogens with two attached hydrogens (primary N) is 1. The average molecular weight is 197 g/mol. The quantitative estimate of drug-likeness (QED) is 0.370. The Bertz CT molecular complexity index is 191. The first-order valence-electron chi connectivity index (χ1n) is 5.61. The van der Waals surface area contributed by atoms with Crippen LogP contribution in [0.4, 0.5) is 0 Å². The van der Waals surface area contributed by atoms with Gasteiger partial charge in [0.05, 0.1) is 5.84 Å². The number of nitrogens with one attached hydrogen (secondary N) is 1. The molecule has 0 spiro atoms. The van der Waals surface area contributed by atoms with Crippen molar-refractivity contribution in [2.24, 2.45) is 17.6 Å². The van der Waals surface area contributed by atoms with E-state index in [9.17, 15) is 0 Å². The third kappa shape index (κ3) is 4.61. The second kappa shape index (κ2) is 5.35. The van der Waals surface area contributed by atoms with Gasteiger partial charge in [-0.05, 0) is 44.7 Å². The molecule has 3 N–H and O–H groups in total. The molecule has 0 radical (unpaired) electrons. The summed E-state index contributed by atoms with van der Waals surface area (Å²) in [6, 6.07) is 0. The van der Waals surface area contributed by atoms with Crippen molar-refractivity contribution in [3.63, 3.8) is 0 Å². The summed E-state index contributed by atoms with van der Waals surface area (Å²) in [6.45, 7) is 4.73. The highest BCUT2D eigenvalue weighted by atomic mass is 15.1. The summed E-state index contributed by atoms with van der Waals surface area (Å²) < 4.78 is 0. The van der Waals surface area contributed by atoms with Gasteiger partial charge in [-0.15, -0.1) is 0 Å². The summed E-state index contributed by atoms with van der Waals surface area (Å²) in [4.78, 5) is 2.41. The van der Waals surface area contributed by atoms with Gasteiger partial charge in [0.15, 0.2) is 0 Å². The molecule has 1 aliphatic rings. The van der Waals surface area contributed by atoms with Crippen LogP contribution >= 0.6 is 0 Å². The number of unbranched alkanes of at least 4 members (excludes halogenated alkanes) is 1. The van der Waals surface area contributed by atoms with Crippen LogP contribution in [0.3, 0.4) is 0 Å². The van der Waals surface area contributed by atoms with Crippen molar-refractivity contribution in [1.82, 2.24) is 4.90 Å². The highest BCUT2D eigenvalue weighted by Crippen LogP contribution is 2.37. The molecule has 1 saturated carbocycles. The van der Waals surface area contributed by atoms with Gasteiger partial charge in [-0.2, -0.15) is 0 Å². The Morgan fingerprint density at radius 2 is 2.14 bits per heavy atom. The molecule has 0 aromatic carbocycles. The maximum atomic E-state index is 7.09. The lowest BCUT2D eigenvalue weighted by Crippen LogP contribution is -2.23. The molecule has 1 aliphatic carbocycles. The number of amidine groups is 1. The normalized spacial score (nSPS) is 25.4. The highest BCUT2D eigenvalue weighted by Gasteiger charge is 2.32. The van der Waals surface area contributed by atoms with Crippen LogP contribution in [0.5, 0.6) is 0 Å². The van der Waals surface area contributed by atoms with E-state index in [0.29, 0.717) is 5.84 Å². The molecule has 0 aromatic rings. The minimum absolute atomic E-state index is 0.323. The van der Waals surface area contributed by atoms with Gasteiger partial charge in [0.1, 0.15) is 0 Å². The van der Waals surface area contributed by atoms with Crippen LogP contribution in [0.1, 0.15) is 32.6 Å². The van der Waals surface area contributed by atoms with E-state index in [1.807, 2.05) is 0 Å². The molecule has 0 bridgehead atoms. The van der Waals surface area contributed by atoms with Gasteiger partial charge in [-0.3, -0.25) is 5.41 Å². The van der Waals surface area contributed by atoms with Gasteiger partial charge in [-0.25, -0.2) is 0 Å².